The molecule has 0 saturated heterocycles. The van der Waals surface area contributed by atoms with Gasteiger partial charge < -0.3 is 23.3 Å². The van der Waals surface area contributed by atoms with Crippen molar-refractivity contribution in [3.63, 3.8) is 0 Å². The molecule has 10 heteroatoms. The summed E-state index contributed by atoms with van der Waals surface area (Å²) in [5.74, 6) is 0.442. The zero-order valence-electron chi connectivity index (χ0n) is 18.3. The summed E-state index contributed by atoms with van der Waals surface area (Å²) in [7, 11) is -2.55. The Balaban J connectivity index is 1.47. The van der Waals surface area contributed by atoms with Crippen molar-refractivity contribution in [2.24, 2.45) is 0 Å². The van der Waals surface area contributed by atoms with Crippen LogP contribution in [0.4, 0.5) is 4.39 Å². The number of hydrogen-bond acceptors (Lipinski definition) is 7. The molecule has 0 atom stereocenters. The average molecular weight is 488 g/mol. The Morgan fingerprint density at radius 3 is 2.41 bits per heavy atom. The van der Waals surface area contributed by atoms with Crippen LogP contribution in [0.25, 0.3) is 0 Å². The van der Waals surface area contributed by atoms with Crippen LogP contribution in [0.15, 0.2) is 71.6 Å². The van der Waals surface area contributed by atoms with E-state index in [9.17, 15) is 17.6 Å². The summed E-state index contributed by atoms with van der Waals surface area (Å²) in [4.78, 5) is 14.6. The lowest BCUT2D eigenvalue weighted by Gasteiger charge is -2.23. The highest BCUT2D eigenvalue weighted by Gasteiger charge is 2.21. The molecule has 8 nitrogen and oxygen atoms in total. The van der Waals surface area contributed by atoms with E-state index in [1.54, 1.807) is 42.3 Å². The van der Waals surface area contributed by atoms with Gasteiger partial charge in [0, 0.05) is 25.8 Å². The van der Waals surface area contributed by atoms with E-state index in [-0.39, 0.29) is 29.9 Å². The normalized spacial score (nSPS) is 12.4. The number of fused-ring (bicyclic) bond motifs is 1. The molecule has 34 heavy (non-hydrogen) atoms. The number of carbonyl (C=O) groups is 1. The second-order valence-electron chi connectivity index (χ2n) is 7.42. The Morgan fingerprint density at radius 1 is 1.00 bits per heavy atom. The average Bonchev–Trinajstić information content (AvgIpc) is 3.30. The molecule has 3 aromatic rings. The summed E-state index contributed by atoms with van der Waals surface area (Å²) < 4.78 is 58.8. The van der Waals surface area contributed by atoms with Crippen LogP contribution >= 0.6 is 0 Å². The molecule has 0 aromatic heterocycles. The van der Waals surface area contributed by atoms with Crippen LogP contribution in [0.1, 0.15) is 15.9 Å². The molecule has 178 valence electrons. The second-order valence-corrected chi connectivity index (χ2v) is 8.97. The minimum absolute atomic E-state index is 0.0959. The summed E-state index contributed by atoms with van der Waals surface area (Å²) in [5.41, 5.74) is 1.21. The van der Waals surface area contributed by atoms with Crippen LogP contribution < -0.4 is 13.7 Å². The fraction of sp³-hybridized carbons (Fsp3) is 0.208. The lowest BCUT2D eigenvalue weighted by atomic mass is 10.1. The van der Waals surface area contributed by atoms with Gasteiger partial charge in [-0.25, -0.2) is 4.39 Å². The first-order chi connectivity index (χ1) is 16.4. The van der Waals surface area contributed by atoms with Crippen molar-refractivity contribution in [3.05, 3.63) is 83.7 Å². The van der Waals surface area contributed by atoms with Gasteiger partial charge in [-0.15, -0.1) is 0 Å². The van der Waals surface area contributed by atoms with Crippen molar-refractivity contribution in [3.8, 4) is 17.2 Å². The van der Waals surface area contributed by atoms with Crippen LogP contribution in [0.2, 0.25) is 0 Å². The van der Waals surface area contributed by atoms with E-state index in [1.807, 2.05) is 0 Å². The van der Waals surface area contributed by atoms with E-state index in [0.717, 1.165) is 29.8 Å². The molecule has 0 fully saturated rings. The first-order valence-electron chi connectivity index (χ1n) is 10.3. The summed E-state index contributed by atoms with van der Waals surface area (Å²) >= 11 is 0. The third-order valence-corrected chi connectivity index (χ3v) is 6.34. The topological polar surface area (TPSA) is 91.4 Å². The molecule has 0 unspecified atom stereocenters. The van der Waals surface area contributed by atoms with Crippen molar-refractivity contribution < 1.29 is 36.0 Å². The monoisotopic (exact) mass is 487 g/mol. The summed E-state index contributed by atoms with van der Waals surface area (Å²) in [6.07, 6.45) is 0. The van der Waals surface area contributed by atoms with Crippen LogP contribution in [0, 0.1) is 5.82 Å². The quantitative estimate of drug-likeness (QED) is 0.426. The molecule has 1 amide bonds. The maximum atomic E-state index is 13.1. The molecule has 1 aliphatic heterocycles. The van der Waals surface area contributed by atoms with Gasteiger partial charge in [0.15, 0.2) is 11.5 Å². The van der Waals surface area contributed by atoms with E-state index < -0.39 is 15.9 Å². The van der Waals surface area contributed by atoms with Gasteiger partial charge in [-0.3, -0.25) is 4.79 Å². The van der Waals surface area contributed by atoms with Crippen molar-refractivity contribution in [2.45, 2.75) is 11.4 Å². The third-order valence-electron chi connectivity index (χ3n) is 5.08. The molecule has 0 radical (unpaired) electrons. The number of nitrogens with zero attached hydrogens (tertiary/aromatic N) is 1. The summed E-state index contributed by atoms with van der Waals surface area (Å²) in [6.45, 7) is 1.07. The van der Waals surface area contributed by atoms with Crippen LogP contribution in [-0.2, 0) is 21.4 Å². The highest BCUT2D eigenvalue weighted by atomic mass is 32.2. The highest BCUT2D eigenvalue weighted by molar-refractivity contribution is 7.87. The minimum Gasteiger partial charge on any atom is -0.454 e. The SMILES string of the molecule is COCCN(Cc1ccc(OS(=O)(=O)c2ccc(F)cc2)cc1)C(=O)c1ccc2c(c1)OCO2. The van der Waals surface area contributed by atoms with Crippen molar-refractivity contribution >= 4 is 16.0 Å². The van der Waals surface area contributed by atoms with E-state index in [2.05, 4.69) is 0 Å². The zero-order chi connectivity index (χ0) is 24.1. The number of carbonyl (C=O) groups excluding carboxylic acids is 1. The molecule has 0 spiro atoms. The van der Waals surface area contributed by atoms with E-state index in [4.69, 9.17) is 18.4 Å². The third kappa shape index (κ3) is 5.46. The summed E-state index contributed by atoms with van der Waals surface area (Å²) in [5, 5.41) is 0. The Kier molecular flexibility index (Phi) is 6.99. The number of benzene rings is 3. The number of amides is 1. The predicted molar refractivity (Wildman–Crippen MR) is 120 cm³/mol. The van der Waals surface area contributed by atoms with Gasteiger partial charge in [-0.2, -0.15) is 8.42 Å². The number of ether oxygens (including phenoxy) is 3. The van der Waals surface area contributed by atoms with E-state index >= 15 is 0 Å². The fourth-order valence-corrected chi connectivity index (χ4v) is 4.24. The zero-order valence-corrected chi connectivity index (χ0v) is 19.1. The highest BCUT2D eigenvalue weighted by Crippen LogP contribution is 2.33. The van der Waals surface area contributed by atoms with Gasteiger partial charge in [-0.1, -0.05) is 12.1 Å². The van der Waals surface area contributed by atoms with E-state index in [0.29, 0.717) is 30.2 Å². The Bertz CT molecular complexity index is 1260. The maximum absolute atomic E-state index is 13.1. The van der Waals surface area contributed by atoms with Gasteiger partial charge in [0.2, 0.25) is 6.79 Å². The van der Waals surface area contributed by atoms with Crippen molar-refractivity contribution in [2.75, 3.05) is 27.1 Å². The predicted octanol–water partition coefficient (Wildman–Crippen LogP) is 3.61. The largest absolute Gasteiger partial charge is 0.454 e. The molecular formula is C24H22FNO7S. The smallest absolute Gasteiger partial charge is 0.339 e. The second kappa shape index (κ2) is 10.1. The standard InChI is InChI=1S/C24H22FNO7S/c1-30-13-12-26(24(27)18-4-11-22-23(14-18)32-16-31-22)15-17-2-7-20(8-3-17)33-34(28,29)21-9-5-19(25)6-10-21/h2-11,14H,12-13,15-16H2,1H3. The Labute approximate surface area is 196 Å². The molecule has 1 aliphatic rings. The molecule has 0 bridgehead atoms. The maximum Gasteiger partial charge on any atom is 0.339 e. The van der Waals surface area contributed by atoms with Crippen molar-refractivity contribution in [1.29, 1.82) is 0 Å². The minimum atomic E-state index is -4.10. The lowest BCUT2D eigenvalue weighted by Crippen LogP contribution is -2.33. The number of hydrogen-bond donors (Lipinski definition) is 0. The molecule has 0 N–H and O–H groups in total. The van der Waals surface area contributed by atoms with Crippen molar-refractivity contribution in [1.82, 2.24) is 4.90 Å². The molecule has 0 saturated carbocycles. The lowest BCUT2D eigenvalue weighted by molar-refractivity contribution is 0.0680. The fourth-order valence-electron chi connectivity index (χ4n) is 3.31. The molecule has 0 aliphatic carbocycles. The Hall–Kier alpha value is -3.63. The number of rotatable bonds is 9. The van der Waals surface area contributed by atoms with Crippen LogP contribution in [0.5, 0.6) is 17.2 Å². The van der Waals surface area contributed by atoms with Gasteiger partial charge >= 0.3 is 10.1 Å². The number of halogens is 1. The van der Waals surface area contributed by atoms with E-state index in [1.165, 1.54) is 12.1 Å². The van der Waals surface area contributed by atoms with Gasteiger partial charge in [0.1, 0.15) is 16.5 Å². The molecule has 1 heterocycles. The first-order valence-corrected chi connectivity index (χ1v) is 11.7. The molecule has 3 aromatic carbocycles. The van der Waals surface area contributed by atoms with Gasteiger partial charge in [0.05, 0.1) is 6.61 Å². The van der Waals surface area contributed by atoms with Crippen LogP contribution in [-0.4, -0.2) is 46.3 Å². The van der Waals surface area contributed by atoms with Crippen LogP contribution in [0.3, 0.4) is 0 Å². The summed E-state index contributed by atoms with van der Waals surface area (Å²) in [6, 6.07) is 15.7. The molecular weight excluding hydrogens is 465 g/mol. The van der Waals surface area contributed by atoms with Gasteiger partial charge in [-0.05, 0) is 60.2 Å². The Morgan fingerprint density at radius 2 is 1.71 bits per heavy atom. The van der Waals surface area contributed by atoms with Gasteiger partial charge in [0.25, 0.3) is 5.91 Å². The first kappa shape index (κ1) is 23.5. The molecule has 4 rings (SSSR count). The number of methoxy groups -OCH3 is 1.